The highest BCUT2D eigenvalue weighted by atomic mass is 35.5. The van der Waals surface area contributed by atoms with Crippen LogP contribution in [0.15, 0.2) is 48.5 Å². The summed E-state index contributed by atoms with van der Waals surface area (Å²) in [7, 11) is 1.53. The van der Waals surface area contributed by atoms with Gasteiger partial charge in [0.2, 0.25) is 0 Å². The van der Waals surface area contributed by atoms with E-state index in [4.69, 9.17) is 16.3 Å². The van der Waals surface area contributed by atoms with Gasteiger partial charge in [-0.3, -0.25) is 19.2 Å². The molecule has 0 aromatic heterocycles. The minimum absolute atomic E-state index is 0.0645. The van der Waals surface area contributed by atoms with Gasteiger partial charge in [0, 0.05) is 41.9 Å². The molecule has 2 rings (SSSR count). The van der Waals surface area contributed by atoms with E-state index in [9.17, 15) is 19.2 Å². The van der Waals surface area contributed by atoms with Crippen molar-refractivity contribution in [3.05, 3.63) is 64.7 Å². The lowest BCUT2D eigenvalue weighted by Crippen LogP contribution is -2.25. The van der Waals surface area contributed by atoms with Gasteiger partial charge in [-0.05, 0) is 55.0 Å². The van der Waals surface area contributed by atoms with Crippen LogP contribution in [0.1, 0.15) is 33.6 Å². The van der Waals surface area contributed by atoms with Crippen LogP contribution in [0.2, 0.25) is 5.02 Å². The van der Waals surface area contributed by atoms with E-state index in [1.165, 1.54) is 7.05 Å². The van der Waals surface area contributed by atoms with Crippen molar-refractivity contribution in [3.8, 4) is 0 Å². The molecule has 0 saturated heterocycles. The van der Waals surface area contributed by atoms with Gasteiger partial charge in [-0.2, -0.15) is 0 Å². The lowest BCUT2D eigenvalue weighted by Gasteiger charge is -2.08. The molecule has 0 unspecified atom stereocenters. The first-order valence-corrected chi connectivity index (χ1v) is 9.58. The number of hydrogen-bond donors (Lipinski definition) is 3. The summed E-state index contributed by atoms with van der Waals surface area (Å²) in [6.45, 7) is -0.131. The summed E-state index contributed by atoms with van der Waals surface area (Å²) < 4.78 is 4.92. The topological polar surface area (TPSA) is 114 Å². The monoisotopic (exact) mass is 431 g/mol. The molecule has 158 valence electrons. The Labute approximate surface area is 178 Å². The van der Waals surface area contributed by atoms with E-state index < -0.39 is 18.5 Å². The van der Waals surface area contributed by atoms with Crippen molar-refractivity contribution in [1.29, 1.82) is 0 Å². The van der Waals surface area contributed by atoms with Gasteiger partial charge < -0.3 is 20.7 Å². The Morgan fingerprint density at radius 1 is 0.900 bits per heavy atom. The molecule has 0 aliphatic rings. The van der Waals surface area contributed by atoms with Crippen LogP contribution in [0.25, 0.3) is 0 Å². The normalized spacial score (nSPS) is 10.1. The van der Waals surface area contributed by atoms with E-state index in [2.05, 4.69) is 16.0 Å². The highest BCUT2D eigenvalue weighted by Gasteiger charge is 2.10. The lowest BCUT2D eigenvalue weighted by molar-refractivity contribution is -0.147. The van der Waals surface area contributed by atoms with Crippen LogP contribution in [0.4, 0.5) is 5.69 Å². The number of ether oxygens (including phenoxy) is 1. The number of hydrogen-bond acceptors (Lipinski definition) is 5. The average molecular weight is 432 g/mol. The van der Waals surface area contributed by atoms with E-state index in [-0.39, 0.29) is 18.2 Å². The molecule has 8 nitrogen and oxygen atoms in total. The van der Waals surface area contributed by atoms with Crippen molar-refractivity contribution in [1.82, 2.24) is 10.6 Å². The van der Waals surface area contributed by atoms with Gasteiger partial charge >= 0.3 is 5.97 Å². The zero-order valence-corrected chi connectivity index (χ0v) is 17.1. The fourth-order valence-electron chi connectivity index (χ4n) is 2.40. The molecule has 0 fully saturated rings. The molecular weight excluding hydrogens is 410 g/mol. The number of halogens is 1. The van der Waals surface area contributed by atoms with E-state index in [1.54, 1.807) is 48.5 Å². The van der Waals surface area contributed by atoms with Crippen molar-refractivity contribution in [2.24, 2.45) is 0 Å². The van der Waals surface area contributed by atoms with Crippen molar-refractivity contribution in [2.45, 2.75) is 12.8 Å². The van der Waals surface area contributed by atoms with Gasteiger partial charge in [0.25, 0.3) is 17.7 Å². The molecule has 0 aliphatic heterocycles. The average Bonchev–Trinajstić information content (AvgIpc) is 2.75. The van der Waals surface area contributed by atoms with E-state index >= 15 is 0 Å². The number of anilines is 1. The zero-order chi connectivity index (χ0) is 21.9. The Balaban J connectivity index is 1.63. The molecule has 3 N–H and O–H groups in total. The maximum Gasteiger partial charge on any atom is 0.306 e. The van der Waals surface area contributed by atoms with Crippen LogP contribution in [0.3, 0.4) is 0 Å². The fourth-order valence-corrected chi connectivity index (χ4v) is 2.53. The van der Waals surface area contributed by atoms with Crippen LogP contribution < -0.4 is 16.0 Å². The smallest absolute Gasteiger partial charge is 0.306 e. The fraction of sp³-hybridized carbons (Fsp3) is 0.238. The summed E-state index contributed by atoms with van der Waals surface area (Å²) in [5, 5.41) is 8.30. The summed E-state index contributed by atoms with van der Waals surface area (Å²) in [4.78, 5) is 47.0. The van der Waals surface area contributed by atoms with Gasteiger partial charge in [0.1, 0.15) is 0 Å². The molecule has 2 aromatic rings. The first-order valence-electron chi connectivity index (χ1n) is 9.20. The highest BCUT2D eigenvalue weighted by molar-refractivity contribution is 6.30. The minimum atomic E-state index is -0.541. The summed E-state index contributed by atoms with van der Waals surface area (Å²) in [5.74, 6) is -1.53. The van der Waals surface area contributed by atoms with Crippen molar-refractivity contribution in [2.75, 3.05) is 25.5 Å². The van der Waals surface area contributed by atoms with Crippen LogP contribution in [0, 0.1) is 0 Å². The molecule has 0 heterocycles. The number of rotatable bonds is 9. The molecule has 0 saturated carbocycles. The maximum atomic E-state index is 11.9. The second-order valence-electron chi connectivity index (χ2n) is 6.23. The van der Waals surface area contributed by atoms with E-state index in [0.29, 0.717) is 34.8 Å². The lowest BCUT2D eigenvalue weighted by atomic mass is 10.2. The first kappa shape index (κ1) is 22.9. The van der Waals surface area contributed by atoms with Gasteiger partial charge in [-0.25, -0.2) is 0 Å². The van der Waals surface area contributed by atoms with Gasteiger partial charge in [-0.1, -0.05) is 11.6 Å². The minimum Gasteiger partial charge on any atom is -0.456 e. The third-order valence-electron chi connectivity index (χ3n) is 3.97. The zero-order valence-electron chi connectivity index (χ0n) is 16.4. The number of nitrogens with one attached hydrogen (secondary N) is 3. The Hall–Kier alpha value is -3.39. The molecule has 9 heteroatoms. The van der Waals surface area contributed by atoms with Gasteiger partial charge in [-0.15, -0.1) is 0 Å². The Bertz CT molecular complexity index is 898. The summed E-state index contributed by atoms with van der Waals surface area (Å²) in [6, 6.07) is 12.7. The standard InChI is InChI=1S/C21H22ClN3O5/c1-23-20(28)14-6-10-17(11-7-14)25-18(26)13-30-19(27)3-2-12-24-21(29)15-4-8-16(22)9-5-15/h4-11H,2-3,12-13H2,1H3,(H,23,28)(H,24,29)(H,25,26). The van der Waals surface area contributed by atoms with E-state index in [1.807, 2.05) is 0 Å². The quantitative estimate of drug-likeness (QED) is 0.416. The van der Waals surface area contributed by atoms with Crippen LogP contribution in [0.5, 0.6) is 0 Å². The molecule has 3 amide bonds. The molecule has 0 atom stereocenters. The molecule has 0 spiro atoms. The molecule has 0 bridgehead atoms. The van der Waals surface area contributed by atoms with Crippen molar-refractivity contribution in [3.63, 3.8) is 0 Å². The third kappa shape index (κ3) is 7.56. The molecule has 0 aliphatic carbocycles. The molecule has 30 heavy (non-hydrogen) atoms. The maximum absolute atomic E-state index is 11.9. The number of benzene rings is 2. The Kier molecular flexibility index (Phi) is 8.83. The predicted octanol–water partition coefficient (Wildman–Crippen LogP) is 2.39. The summed E-state index contributed by atoms with van der Waals surface area (Å²) in [5.41, 5.74) is 1.42. The van der Waals surface area contributed by atoms with Gasteiger partial charge in [0.05, 0.1) is 0 Å². The highest BCUT2D eigenvalue weighted by Crippen LogP contribution is 2.10. The number of carbonyl (C=O) groups excluding carboxylic acids is 4. The number of carbonyl (C=O) groups is 4. The van der Waals surface area contributed by atoms with Crippen LogP contribution >= 0.6 is 11.6 Å². The van der Waals surface area contributed by atoms with Crippen molar-refractivity contribution >= 4 is 41.0 Å². The molecule has 0 radical (unpaired) electrons. The van der Waals surface area contributed by atoms with Crippen molar-refractivity contribution < 1.29 is 23.9 Å². The first-order chi connectivity index (χ1) is 14.4. The van der Waals surface area contributed by atoms with Crippen LogP contribution in [-0.2, 0) is 14.3 Å². The van der Waals surface area contributed by atoms with E-state index in [0.717, 1.165) is 0 Å². The Morgan fingerprint density at radius 3 is 2.13 bits per heavy atom. The number of amides is 3. The molecule has 2 aromatic carbocycles. The summed E-state index contributed by atoms with van der Waals surface area (Å²) >= 11 is 5.77. The molecular formula is C21H22ClN3O5. The second-order valence-corrected chi connectivity index (χ2v) is 6.67. The van der Waals surface area contributed by atoms with Gasteiger partial charge in [0.15, 0.2) is 6.61 Å². The SMILES string of the molecule is CNC(=O)c1ccc(NC(=O)COC(=O)CCCNC(=O)c2ccc(Cl)cc2)cc1. The third-order valence-corrected chi connectivity index (χ3v) is 4.22. The largest absolute Gasteiger partial charge is 0.456 e. The Morgan fingerprint density at radius 2 is 1.50 bits per heavy atom. The second kappa shape index (κ2) is 11.6. The number of esters is 1. The van der Waals surface area contributed by atoms with Crippen LogP contribution in [-0.4, -0.2) is 43.9 Å². The summed E-state index contributed by atoms with van der Waals surface area (Å²) in [6.07, 6.45) is 0.440. The predicted molar refractivity (Wildman–Crippen MR) is 112 cm³/mol.